The summed E-state index contributed by atoms with van der Waals surface area (Å²) in [6, 6.07) is 0. The van der Waals surface area contributed by atoms with Crippen molar-refractivity contribution in [2.75, 3.05) is 0 Å². The Labute approximate surface area is 196 Å². The first kappa shape index (κ1) is 25.7. The van der Waals surface area contributed by atoms with Gasteiger partial charge in [0.25, 0.3) is 0 Å². The monoisotopic (exact) mass is 444 g/mol. The van der Waals surface area contributed by atoms with Gasteiger partial charge in [-0.15, -0.1) is 0 Å². The lowest BCUT2D eigenvalue weighted by atomic mass is 9.60. The average molecular weight is 445 g/mol. The van der Waals surface area contributed by atoms with Gasteiger partial charge in [-0.25, -0.2) is 0 Å². The van der Waals surface area contributed by atoms with Crippen LogP contribution in [0.5, 0.6) is 0 Å². The molecule has 0 saturated heterocycles. The highest BCUT2D eigenvalue weighted by molar-refractivity contribution is 5.38. The standard InChI is InChI=1S/C29H48O3/c1-20(10-7-6-8-16-28(3,4)32)25-14-15-26-22(11-9-17-29(25,26)5)12-13-23-18-24(30)19-27(31)21(23)2/h12-13,20,24-27,30-32H,2,6-11,14-19H2,1,3-5H3/b22-12+,23-13+/t20-,24-,25-,26+,27+,29-/m1/s1. The zero-order valence-corrected chi connectivity index (χ0v) is 21.1. The van der Waals surface area contributed by atoms with Gasteiger partial charge in [0, 0.05) is 6.42 Å². The van der Waals surface area contributed by atoms with Crippen LogP contribution in [0.1, 0.15) is 105 Å². The van der Waals surface area contributed by atoms with Crippen LogP contribution in [0.3, 0.4) is 0 Å². The van der Waals surface area contributed by atoms with Gasteiger partial charge in [-0.2, -0.15) is 0 Å². The highest BCUT2D eigenvalue weighted by Gasteiger charge is 2.50. The SMILES string of the molecule is C=C1/C(=C/C=C2\CCC[C@]3(C)[C@@H]([C@H](C)CCCCCC(C)(C)O)CC[C@@H]23)C[C@@H](O)C[C@@H]1O. The van der Waals surface area contributed by atoms with Crippen molar-refractivity contribution in [3.8, 4) is 0 Å². The Morgan fingerprint density at radius 2 is 1.91 bits per heavy atom. The molecule has 182 valence electrons. The molecule has 0 radical (unpaired) electrons. The van der Waals surface area contributed by atoms with E-state index in [0.717, 1.165) is 35.8 Å². The molecule has 32 heavy (non-hydrogen) atoms. The van der Waals surface area contributed by atoms with Gasteiger partial charge < -0.3 is 15.3 Å². The van der Waals surface area contributed by atoms with Crippen molar-refractivity contribution in [1.29, 1.82) is 0 Å². The van der Waals surface area contributed by atoms with E-state index in [-0.39, 0.29) is 0 Å². The van der Waals surface area contributed by atoms with Gasteiger partial charge in [-0.05, 0) is 93.1 Å². The molecule has 3 rings (SSSR count). The Morgan fingerprint density at radius 3 is 2.62 bits per heavy atom. The summed E-state index contributed by atoms with van der Waals surface area (Å²) in [7, 11) is 0. The molecule has 3 saturated carbocycles. The van der Waals surface area contributed by atoms with Crippen molar-refractivity contribution in [3.05, 3.63) is 35.5 Å². The molecule has 0 spiro atoms. The molecular formula is C29H48O3. The second kappa shape index (κ2) is 10.6. The molecule has 6 atom stereocenters. The molecule has 0 aliphatic heterocycles. The highest BCUT2D eigenvalue weighted by Crippen LogP contribution is 2.60. The molecule has 0 amide bonds. The first-order chi connectivity index (χ1) is 15.0. The van der Waals surface area contributed by atoms with E-state index < -0.39 is 17.8 Å². The third-order valence-electron chi connectivity index (χ3n) is 8.94. The number of hydrogen-bond acceptors (Lipinski definition) is 3. The normalized spacial score (nSPS) is 37.2. The van der Waals surface area contributed by atoms with Crippen LogP contribution < -0.4 is 0 Å². The van der Waals surface area contributed by atoms with Crippen LogP contribution >= 0.6 is 0 Å². The second-order valence-electron chi connectivity index (χ2n) is 12.1. The van der Waals surface area contributed by atoms with Crippen LogP contribution in [0.4, 0.5) is 0 Å². The first-order valence-corrected chi connectivity index (χ1v) is 13.2. The van der Waals surface area contributed by atoms with Crippen molar-refractivity contribution >= 4 is 0 Å². The lowest BCUT2D eigenvalue weighted by Crippen LogP contribution is -2.36. The van der Waals surface area contributed by atoms with E-state index in [1.165, 1.54) is 51.4 Å². The Kier molecular flexibility index (Phi) is 8.50. The fraction of sp³-hybridized carbons (Fsp3) is 0.793. The summed E-state index contributed by atoms with van der Waals surface area (Å²) in [6.07, 6.45) is 16.6. The van der Waals surface area contributed by atoms with E-state index in [0.29, 0.717) is 24.2 Å². The molecule has 3 nitrogen and oxygen atoms in total. The van der Waals surface area contributed by atoms with E-state index in [1.54, 1.807) is 5.57 Å². The molecule has 0 aromatic heterocycles. The first-order valence-electron chi connectivity index (χ1n) is 13.2. The maximum Gasteiger partial charge on any atom is 0.0811 e. The maximum absolute atomic E-state index is 10.2. The summed E-state index contributed by atoms with van der Waals surface area (Å²) >= 11 is 0. The van der Waals surface area contributed by atoms with E-state index in [2.05, 4.69) is 32.6 Å². The predicted octanol–water partition coefficient (Wildman–Crippen LogP) is 6.48. The third-order valence-corrected chi connectivity index (χ3v) is 8.94. The van der Waals surface area contributed by atoms with E-state index in [4.69, 9.17) is 0 Å². The van der Waals surface area contributed by atoms with Crippen molar-refractivity contribution in [2.24, 2.45) is 23.2 Å². The van der Waals surface area contributed by atoms with Gasteiger partial charge in [0.2, 0.25) is 0 Å². The smallest absolute Gasteiger partial charge is 0.0811 e. The quantitative estimate of drug-likeness (QED) is 0.375. The Morgan fingerprint density at radius 1 is 1.16 bits per heavy atom. The van der Waals surface area contributed by atoms with Gasteiger partial charge >= 0.3 is 0 Å². The van der Waals surface area contributed by atoms with Gasteiger partial charge in [-0.3, -0.25) is 0 Å². The number of hydrogen-bond donors (Lipinski definition) is 3. The minimum Gasteiger partial charge on any atom is -0.393 e. The summed E-state index contributed by atoms with van der Waals surface area (Å²) in [6.45, 7) is 12.9. The topological polar surface area (TPSA) is 60.7 Å². The number of allylic oxidation sites excluding steroid dienone is 3. The molecule has 3 aliphatic rings. The fourth-order valence-electron chi connectivity index (χ4n) is 7.08. The lowest BCUT2D eigenvalue weighted by molar-refractivity contribution is 0.0672. The third kappa shape index (κ3) is 6.15. The molecule has 3 aliphatic carbocycles. The highest BCUT2D eigenvalue weighted by atomic mass is 16.3. The Balaban J connectivity index is 1.61. The molecule has 3 fully saturated rings. The van der Waals surface area contributed by atoms with Gasteiger partial charge in [0.15, 0.2) is 0 Å². The molecule has 0 aromatic carbocycles. The lowest BCUT2D eigenvalue weighted by Gasteiger charge is -2.44. The molecule has 0 heterocycles. The van der Waals surface area contributed by atoms with Crippen molar-refractivity contribution < 1.29 is 15.3 Å². The van der Waals surface area contributed by atoms with Crippen molar-refractivity contribution in [3.63, 3.8) is 0 Å². The van der Waals surface area contributed by atoms with Gasteiger partial charge in [0.05, 0.1) is 17.8 Å². The minimum atomic E-state index is -0.611. The van der Waals surface area contributed by atoms with E-state index in [1.807, 2.05) is 13.8 Å². The maximum atomic E-state index is 10.2. The summed E-state index contributed by atoms with van der Waals surface area (Å²) in [5, 5.41) is 30.1. The Bertz CT molecular complexity index is 712. The number of rotatable bonds is 8. The summed E-state index contributed by atoms with van der Waals surface area (Å²) < 4.78 is 0. The van der Waals surface area contributed by atoms with E-state index in [9.17, 15) is 15.3 Å². The molecule has 0 bridgehead atoms. The number of aliphatic hydroxyl groups is 3. The zero-order chi connectivity index (χ0) is 23.5. The average Bonchev–Trinajstić information content (AvgIpc) is 3.06. The van der Waals surface area contributed by atoms with Crippen LogP contribution in [0.25, 0.3) is 0 Å². The number of fused-ring (bicyclic) bond motifs is 1. The summed E-state index contributed by atoms with van der Waals surface area (Å²) in [5.74, 6) is 2.22. The van der Waals surface area contributed by atoms with Gasteiger partial charge in [-0.1, -0.05) is 63.8 Å². The molecule has 3 heteroatoms. The summed E-state index contributed by atoms with van der Waals surface area (Å²) in [4.78, 5) is 0. The predicted molar refractivity (Wildman–Crippen MR) is 133 cm³/mol. The zero-order valence-electron chi connectivity index (χ0n) is 21.1. The molecule has 0 aromatic rings. The van der Waals surface area contributed by atoms with Crippen LogP contribution in [0.15, 0.2) is 35.5 Å². The molecular weight excluding hydrogens is 396 g/mol. The largest absolute Gasteiger partial charge is 0.393 e. The molecule has 0 unspecified atom stereocenters. The minimum absolute atomic E-state index is 0.400. The second-order valence-corrected chi connectivity index (χ2v) is 12.1. The summed E-state index contributed by atoms with van der Waals surface area (Å²) in [5.41, 5.74) is 3.25. The van der Waals surface area contributed by atoms with Crippen LogP contribution in [-0.4, -0.2) is 33.1 Å². The van der Waals surface area contributed by atoms with Gasteiger partial charge in [0.1, 0.15) is 0 Å². The fourth-order valence-corrected chi connectivity index (χ4v) is 7.08. The van der Waals surface area contributed by atoms with Crippen LogP contribution in [0, 0.1) is 23.2 Å². The van der Waals surface area contributed by atoms with Crippen molar-refractivity contribution in [2.45, 2.75) is 123 Å². The van der Waals surface area contributed by atoms with E-state index >= 15 is 0 Å². The Hall–Kier alpha value is -0.900. The van der Waals surface area contributed by atoms with Crippen molar-refractivity contribution in [1.82, 2.24) is 0 Å². The number of aliphatic hydroxyl groups excluding tert-OH is 2. The van der Waals surface area contributed by atoms with Crippen LogP contribution in [0.2, 0.25) is 0 Å². The number of unbranched alkanes of at least 4 members (excludes halogenated alkanes) is 2. The molecule has 3 N–H and O–H groups in total. The van der Waals surface area contributed by atoms with Crippen LogP contribution in [-0.2, 0) is 0 Å².